The van der Waals surface area contributed by atoms with E-state index < -0.39 is 0 Å². The molecule has 1 saturated heterocycles. The molecule has 0 bridgehead atoms. The van der Waals surface area contributed by atoms with Gasteiger partial charge in [-0.25, -0.2) is 4.98 Å². The highest BCUT2D eigenvalue weighted by Gasteiger charge is 2.25. The van der Waals surface area contributed by atoms with Crippen LogP contribution in [0.25, 0.3) is 0 Å². The number of carbonyl (C=O) groups is 2. The summed E-state index contributed by atoms with van der Waals surface area (Å²) in [4.78, 5) is 32.8. The molecule has 0 atom stereocenters. The molecule has 3 heterocycles. The van der Waals surface area contributed by atoms with Gasteiger partial charge in [-0.1, -0.05) is 13.8 Å². The van der Waals surface area contributed by atoms with E-state index in [1.54, 1.807) is 28.4 Å². The van der Waals surface area contributed by atoms with Crippen molar-refractivity contribution in [3.05, 3.63) is 40.2 Å². The number of hydrogen-bond donors (Lipinski definition) is 0. The molecule has 0 spiro atoms. The second-order valence-electron chi connectivity index (χ2n) is 6.47. The summed E-state index contributed by atoms with van der Waals surface area (Å²) in [5.74, 6) is 0.789. The minimum atomic E-state index is -0.110. The molecule has 3 rings (SSSR count). The smallest absolute Gasteiger partial charge is 0.289 e. The van der Waals surface area contributed by atoms with Gasteiger partial charge in [0.05, 0.1) is 17.0 Å². The SMILES string of the molecule is CC(C)c1csc(CCC(=O)N2CCN(C(=O)c3ccco3)CC2)n1. The quantitative estimate of drug-likeness (QED) is 0.821. The Labute approximate surface area is 151 Å². The third-order valence-electron chi connectivity index (χ3n) is 4.37. The predicted molar refractivity (Wildman–Crippen MR) is 95.7 cm³/mol. The molecule has 0 saturated carbocycles. The molecule has 6 nitrogen and oxygen atoms in total. The molecule has 2 aromatic rings. The Morgan fingerprint density at radius 2 is 1.96 bits per heavy atom. The van der Waals surface area contributed by atoms with Crippen molar-refractivity contribution >= 4 is 23.2 Å². The fraction of sp³-hybridized carbons (Fsp3) is 0.500. The van der Waals surface area contributed by atoms with E-state index in [9.17, 15) is 9.59 Å². The van der Waals surface area contributed by atoms with E-state index in [0.717, 1.165) is 10.7 Å². The predicted octanol–water partition coefficient (Wildman–Crippen LogP) is 2.78. The zero-order valence-electron chi connectivity index (χ0n) is 14.6. The molecular weight excluding hydrogens is 338 g/mol. The average Bonchev–Trinajstić information content (AvgIpc) is 3.31. The summed E-state index contributed by atoms with van der Waals surface area (Å²) in [5.41, 5.74) is 1.09. The van der Waals surface area contributed by atoms with Crippen LogP contribution in [0.1, 0.15) is 47.4 Å². The monoisotopic (exact) mass is 361 g/mol. The summed E-state index contributed by atoms with van der Waals surface area (Å²) < 4.78 is 5.15. The first-order valence-corrected chi connectivity index (χ1v) is 9.47. The Kier molecular flexibility index (Phi) is 5.53. The van der Waals surface area contributed by atoms with Gasteiger partial charge in [0.2, 0.25) is 5.91 Å². The minimum absolute atomic E-state index is 0.110. The lowest BCUT2D eigenvalue weighted by molar-refractivity contribution is -0.132. The first-order chi connectivity index (χ1) is 12.0. The normalized spacial score (nSPS) is 15.0. The summed E-state index contributed by atoms with van der Waals surface area (Å²) in [7, 11) is 0. The maximum Gasteiger partial charge on any atom is 0.289 e. The Balaban J connectivity index is 1.45. The fourth-order valence-electron chi connectivity index (χ4n) is 2.79. The fourth-order valence-corrected chi connectivity index (χ4v) is 3.75. The van der Waals surface area contributed by atoms with Crippen molar-refractivity contribution in [2.75, 3.05) is 26.2 Å². The van der Waals surface area contributed by atoms with Crippen LogP contribution in [0.2, 0.25) is 0 Å². The van der Waals surface area contributed by atoms with E-state index >= 15 is 0 Å². The zero-order chi connectivity index (χ0) is 17.8. The molecule has 25 heavy (non-hydrogen) atoms. The molecule has 0 unspecified atom stereocenters. The van der Waals surface area contributed by atoms with Crippen molar-refractivity contribution in [2.24, 2.45) is 0 Å². The van der Waals surface area contributed by atoms with Gasteiger partial charge in [-0.3, -0.25) is 9.59 Å². The van der Waals surface area contributed by atoms with E-state index in [0.29, 0.717) is 50.7 Å². The lowest BCUT2D eigenvalue weighted by Gasteiger charge is -2.34. The Morgan fingerprint density at radius 3 is 2.56 bits per heavy atom. The number of amides is 2. The number of rotatable bonds is 5. The number of thiazole rings is 1. The Bertz CT molecular complexity index is 716. The van der Waals surface area contributed by atoms with E-state index in [1.807, 2.05) is 4.90 Å². The van der Waals surface area contributed by atoms with Gasteiger partial charge in [0.1, 0.15) is 0 Å². The molecule has 0 aliphatic carbocycles. The number of carbonyl (C=O) groups excluding carboxylic acids is 2. The second-order valence-corrected chi connectivity index (χ2v) is 7.41. The molecule has 0 N–H and O–H groups in total. The van der Waals surface area contributed by atoms with Crippen LogP contribution >= 0.6 is 11.3 Å². The number of piperazine rings is 1. The first-order valence-electron chi connectivity index (χ1n) is 8.59. The number of hydrogen-bond acceptors (Lipinski definition) is 5. The van der Waals surface area contributed by atoms with Crippen LogP contribution in [-0.2, 0) is 11.2 Å². The highest BCUT2D eigenvalue weighted by molar-refractivity contribution is 7.09. The molecule has 2 aromatic heterocycles. The van der Waals surface area contributed by atoms with Gasteiger partial charge in [0.25, 0.3) is 5.91 Å². The van der Waals surface area contributed by atoms with Gasteiger partial charge in [0.15, 0.2) is 5.76 Å². The summed E-state index contributed by atoms with van der Waals surface area (Å²) in [6.07, 6.45) is 2.65. The van der Waals surface area contributed by atoms with E-state index in [2.05, 4.69) is 24.2 Å². The van der Waals surface area contributed by atoms with Crippen LogP contribution in [-0.4, -0.2) is 52.8 Å². The molecular formula is C18H23N3O3S. The lowest BCUT2D eigenvalue weighted by Crippen LogP contribution is -2.50. The van der Waals surface area contributed by atoms with E-state index in [-0.39, 0.29) is 11.8 Å². The van der Waals surface area contributed by atoms with Crippen LogP contribution in [0.15, 0.2) is 28.2 Å². The maximum atomic E-state index is 12.4. The number of aromatic nitrogens is 1. The maximum absolute atomic E-state index is 12.4. The third kappa shape index (κ3) is 4.28. The summed E-state index contributed by atoms with van der Waals surface area (Å²) in [6, 6.07) is 3.37. The number of furan rings is 1. The molecule has 2 amide bonds. The molecule has 1 aliphatic heterocycles. The van der Waals surface area contributed by atoms with Gasteiger partial charge < -0.3 is 14.2 Å². The molecule has 0 aromatic carbocycles. The second kappa shape index (κ2) is 7.82. The molecule has 134 valence electrons. The topological polar surface area (TPSA) is 66.7 Å². The first kappa shape index (κ1) is 17.7. The van der Waals surface area contributed by atoms with Crippen molar-refractivity contribution in [3.8, 4) is 0 Å². The Morgan fingerprint density at radius 1 is 1.24 bits per heavy atom. The van der Waals surface area contributed by atoms with Gasteiger partial charge in [-0.05, 0) is 18.1 Å². The summed E-state index contributed by atoms with van der Waals surface area (Å²) in [5, 5.41) is 3.09. The van der Waals surface area contributed by atoms with Crippen LogP contribution < -0.4 is 0 Å². The molecule has 7 heteroatoms. The number of nitrogens with zero attached hydrogens (tertiary/aromatic N) is 3. The minimum Gasteiger partial charge on any atom is -0.459 e. The average molecular weight is 361 g/mol. The van der Waals surface area contributed by atoms with Gasteiger partial charge in [0, 0.05) is 44.4 Å². The van der Waals surface area contributed by atoms with Crippen LogP contribution in [0, 0.1) is 0 Å². The molecule has 1 fully saturated rings. The molecule has 0 radical (unpaired) electrons. The van der Waals surface area contributed by atoms with Crippen molar-refractivity contribution in [3.63, 3.8) is 0 Å². The highest BCUT2D eigenvalue weighted by Crippen LogP contribution is 2.19. The standard InChI is InChI=1S/C18H23N3O3S/c1-13(2)14-12-25-16(19-14)5-6-17(22)20-7-9-21(10-8-20)18(23)15-4-3-11-24-15/h3-4,11-13H,5-10H2,1-2H3. The highest BCUT2D eigenvalue weighted by atomic mass is 32.1. The van der Waals surface area contributed by atoms with Crippen LogP contribution in [0.4, 0.5) is 0 Å². The largest absolute Gasteiger partial charge is 0.459 e. The lowest BCUT2D eigenvalue weighted by atomic mass is 10.2. The summed E-state index contributed by atoms with van der Waals surface area (Å²) in [6.45, 7) is 6.46. The van der Waals surface area contributed by atoms with Crippen molar-refractivity contribution in [1.82, 2.24) is 14.8 Å². The molecule has 1 aliphatic rings. The third-order valence-corrected chi connectivity index (χ3v) is 5.29. The Hall–Kier alpha value is -2.15. The van der Waals surface area contributed by atoms with Gasteiger partial charge in [-0.2, -0.15) is 0 Å². The van der Waals surface area contributed by atoms with Gasteiger partial charge in [-0.15, -0.1) is 11.3 Å². The van der Waals surface area contributed by atoms with E-state index in [4.69, 9.17) is 4.42 Å². The van der Waals surface area contributed by atoms with Gasteiger partial charge >= 0.3 is 0 Å². The van der Waals surface area contributed by atoms with Crippen LogP contribution in [0.3, 0.4) is 0 Å². The zero-order valence-corrected chi connectivity index (χ0v) is 15.4. The summed E-state index contributed by atoms with van der Waals surface area (Å²) >= 11 is 1.62. The van der Waals surface area contributed by atoms with Crippen molar-refractivity contribution in [2.45, 2.75) is 32.6 Å². The number of aryl methyl sites for hydroxylation is 1. The van der Waals surface area contributed by atoms with Crippen LogP contribution in [0.5, 0.6) is 0 Å². The van der Waals surface area contributed by atoms with Crippen molar-refractivity contribution < 1.29 is 14.0 Å². The van der Waals surface area contributed by atoms with Crippen molar-refractivity contribution in [1.29, 1.82) is 0 Å². The van der Waals surface area contributed by atoms with E-state index in [1.165, 1.54) is 6.26 Å².